The molecule has 0 saturated carbocycles. The Balaban J connectivity index is 2.27. The summed E-state index contributed by atoms with van der Waals surface area (Å²) in [6, 6.07) is 7.04. The average molecular weight is 409 g/mol. The van der Waals surface area contributed by atoms with Gasteiger partial charge in [-0.1, -0.05) is 6.92 Å². The van der Waals surface area contributed by atoms with Gasteiger partial charge in [-0.05, 0) is 35.9 Å². The van der Waals surface area contributed by atoms with Crippen molar-refractivity contribution in [1.29, 1.82) is 0 Å². The maximum atomic E-state index is 12.4. The van der Waals surface area contributed by atoms with Crippen LogP contribution in [0.5, 0.6) is 23.0 Å². The van der Waals surface area contributed by atoms with Crippen LogP contribution < -0.4 is 19.5 Å². The molecule has 0 unspecified atom stereocenters. The van der Waals surface area contributed by atoms with Crippen molar-refractivity contribution in [1.82, 2.24) is 0 Å². The van der Waals surface area contributed by atoms with Crippen LogP contribution in [-0.4, -0.2) is 46.5 Å². The number of ether oxygens (including phenoxy) is 3. The molecular weight excluding hydrogens is 386 g/mol. The Hall–Kier alpha value is -2.94. The summed E-state index contributed by atoms with van der Waals surface area (Å²) in [5.41, 5.74) is 0.607. The number of hydrogen-bond acceptors (Lipinski definition) is 7. The van der Waals surface area contributed by atoms with E-state index in [9.17, 15) is 18.3 Å². The molecule has 0 aromatic heterocycles. The van der Waals surface area contributed by atoms with Crippen molar-refractivity contribution in [2.45, 2.75) is 18.2 Å². The summed E-state index contributed by atoms with van der Waals surface area (Å²) < 4.78 is 39.8. The van der Waals surface area contributed by atoms with Crippen LogP contribution >= 0.6 is 0 Å². The van der Waals surface area contributed by atoms with Crippen molar-refractivity contribution in [3.8, 4) is 23.0 Å². The first-order chi connectivity index (χ1) is 13.2. The second-order valence-electron chi connectivity index (χ2n) is 5.84. The van der Waals surface area contributed by atoms with E-state index in [-0.39, 0.29) is 28.5 Å². The highest BCUT2D eigenvalue weighted by Crippen LogP contribution is 2.38. The van der Waals surface area contributed by atoms with E-state index in [1.54, 1.807) is 12.1 Å². The van der Waals surface area contributed by atoms with Gasteiger partial charge in [0.2, 0.25) is 11.7 Å². The number of carbonyl (C=O) groups is 1. The third-order valence-corrected chi connectivity index (χ3v) is 5.80. The van der Waals surface area contributed by atoms with Gasteiger partial charge in [-0.3, -0.25) is 4.79 Å². The number of aromatic hydroxyl groups is 1. The Morgan fingerprint density at radius 3 is 2.14 bits per heavy atom. The number of hydrogen-bond donors (Lipinski definition) is 2. The Morgan fingerprint density at radius 2 is 1.64 bits per heavy atom. The molecule has 0 spiro atoms. The fraction of sp³-hybridized carbons (Fsp3) is 0.316. The van der Waals surface area contributed by atoms with Crippen LogP contribution in [0.15, 0.2) is 35.2 Å². The molecule has 2 aromatic carbocycles. The smallest absolute Gasteiger partial charge is 0.228 e. The monoisotopic (exact) mass is 409 g/mol. The number of phenols is 1. The molecule has 0 heterocycles. The number of amides is 1. The highest BCUT2D eigenvalue weighted by Gasteiger charge is 2.17. The van der Waals surface area contributed by atoms with Crippen LogP contribution in [0.25, 0.3) is 0 Å². The third kappa shape index (κ3) is 4.66. The van der Waals surface area contributed by atoms with Crippen LogP contribution in [0.4, 0.5) is 5.69 Å². The Morgan fingerprint density at radius 1 is 1.04 bits per heavy atom. The van der Waals surface area contributed by atoms with Gasteiger partial charge in [0.05, 0.1) is 44.1 Å². The normalized spacial score (nSPS) is 11.0. The topological polar surface area (TPSA) is 111 Å². The lowest BCUT2D eigenvalue weighted by Gasteiger charge is -2.14. The Kier molecular flexibility index (Phi) is 6.74. The van der Waals surface area contributed by atoms with Crippen LogP contribution in [0.3, 0.4) is 0 Å². The van der Waals surface area contributed by atoms with Crippen LogP contribution in [0.2, 0.25) is 0 Å². The number of carbonyl (C=O) groups excluding carboxylic acids is 1. The Labute approximate surface area is 164 Å². The van der Waals surface area contributed by atoms with Crippen LogP contribution in [0.1, 0.15) is 12.5 Å². The molecule has 2 rings (SSSR count). The molecule has 2 N–H and O–H groups in total. The molecule has 2 aromatic rings. The minimum absolute atomic E-state index is 0.0203. The molecule has 152 valence electrons. The fourth-order valence-corrected chi connectivity index (χ4v) is 3.50. The average Bonchev–Trinajstić information content (AvgIpc) is 2.68. The molecule has 0 aliphatic carbocycles. The van der Waals surface area contributed by atoms with Gasteiger partial charge in [0.15, 0.2) is 21.3 Å². The molecule has 0 bridgehead atoms. The van der Waals surface area contributed by atoms with Gasteiger partial charge in [0, 0.05) is 0 Å². The number of nitrogens with one attached hydrogen (secondary N) is 1. The van der Waals surface area contributed by atoms with Gasteiger partial charge in [-0.25, -0.2) is 8.42 Å². The van der Waals surface area contributed by atoms with E-state index >= 15 is 0 Å². The predicted molar refractivity (Wildman–Crippen MR) is 104 cm³/mol. The first kappa shape index (κ1) is 21.4. The maximum Gasteiger partial charge on any atom is 0.228 e. The van der Waals surface area contributed by atoms with Gasteiger partial charge in [-0.15, -0.1) is 0 Å². The lowest BCUT2D eigenvalue weighted by Crippen LogP contribution is -2.15. The third-order valence-electron chi connectivity index (χ3n) is 4.07. The number of rotatable bonds is 8. The second-order valence-corrected chi connectivity index (χ2v) is 8.12. The molecule has 28 heavy (non-hydrogen) atoms. The van der Waals surface area contributed by atoms with Gasteiger partial charge in [0.1, 0.15) is 5.75 Å². The molecular formula is C19H23NO7S. The maximum absolute atomic E-state index is 12.4. The van der Waals surface area contributed by atoms with E-state index in [2.05, 4.69) is 5.32 Å². The van der Waals surface area contributed by atoms with Crippen molar-refractivity contribution in [3.05, 3.63) is 35.9 Å². The lowest BCUT2D eigenvalue weighted by molar-refractivity contribution is -0.115. The molecule has 9 heteroatoms. The summed E-state index contributed by atoms with van der Waals surface area (Å²) in [4.78, 5) is 12.5. The van der Waals surface area contributed by atoms with Crippen molar-refractivity contribution < 1.29 is 32.5 Å². The van der Waals surface area contributed by atoms with Crippen molar-refractivity contribution in [2.75, 3.05) is 32.4 Å². The van der Waals surface area contributed by atoms with Crippen molar-refractivity contribution in [3.63, 3.8) is 0 Å². The highest BCUT2D eigenvalue weighted by molar-refractivity contribution is 7.91. The molecule has 0 fully saturated rings. The van der Waals surface area contributed by atoms with Gasteiger partial charge in [0.25, 0.3) is 0 Å². The SMILES string of the molecule is CCS(=O)(=O)c1ccc(O)c(NC(=O)Cc2cc(OC)c(OC)c(OC)c2)c1. The number of methoxy groups -OCH3 is 3. The van der Waals surface area contributed by atoms with Crippen molar-refractivity contribution >= 4 is 21.4 Å². The zero-order chi connectivity index (χ0) is 20.9. The fourth-order valence-electron chi connectivity index (χ4n) is 2.59. The summed E-state index contributed by atoms with van der Waals surface area (Å²) in [6.45, 7) is 1.52. The van der Waals surface area contributed by atoms with E-state index in [1.165, 1.54) is 46.5 Å². The molecule has 0 radical (unpaired) electrons. The zero-order valence-electron chi connectivity index (χ0n) is 16.1. The van der Waals surface area contributed by atoms with E-state index in [0.717, 1.165) is 0 Å². The predicted octanol–water partition coefficient (Wildman–Crippen LogP) is 2.39. The van der Waals surface area contributed by atoms with Gasteiger partial charge < -0.3 is 24.6 Å². The van der Waals surface area contributed by atoms with E-state index < -0.39 is 15.7 Å². The van der Waals surface area contributed by atoms with E-state index in [1.807, 2.05) is 0 Å². The summed E-state index contributed by atoms with van der Waals surface area (Å²) in [5.74, 6) is 0.455. The summed E-state index contributed by atoms with van der Waals surface area (Å²) in [7, 11) is 0.954. The van der Waals surface area contributed by atoms with Crippen LogP contribution in [-0.2, 0) is 21.1 Å². The number of benzene rings is 2. The van der Waals surface area contributed by atoms with Crippen molar-refractivity contribution in [2.24, 2.45) is 0 Å². The summed E-state index contributed by atoms with van der Waals surface area (Å²) in [5, 5.41) is 12.5. The quantitative estimate of drug-likeness (QED) is 0.644. The molecule has 0 aliphatic heterocycles. The Bertz CT molecular complexity index is 945. The minimum atomic E-state index is -3.47. The molecule has 8 nitrogen and oxygen atoms in total. The van der Waals surface area contributed by atoms with Gasteiger partial charge in [-0.2, -0.15) is 0 Å². The van der Waals surface area contributed by atoms with Gasteiger partial charge >= 0.3 is 0 Å². The lowest BCUT2D eigenvalue weighted by atomic mass is 10.1. The minimum Gasteiger partial charge on any atom is -0.506 e. The van der Waals surface area contributed by atoms with E-state index in [4.69, 9.17) is 14.2 Å². The molecule has 0 saturated heterocycles. The van der Waals surface area contributed by atoms with E-state index in [0.29, 0.717) is 22.8 Å². The number of anilines is 1. The first-order valence-electron chi connectivity index (χ1n) is 8.40. The number of sulfone groups is 1. The zero-order valence-corrected chi connectivity index (χ0v) is 16.9. The largest absolute Gasteiger partial charge is 0.506 e. The second kappa shape index (κ2) is 8.83. The summed E-state index contributed by atoms with van der Waals surface area (Å²) >= 11 is 0. The molecule has 0 aliphatic rings. The first-order valence-corrected chi connectivity index (χ1v) is 10.1. The standard InChI is InChI=1S/C19H23NO7S/c1-5-28(23,24)13-6-7-15(21)14(11-13)20-18(22)10-12-8-16(25-2)19(27-4)17(9-12)26-3/h6-9,11,21H,5,10H2,1-4H3,(H,20,22). The highest BCUT2D eigenvalue weighted by atomic mass is 32.2. The molecule has 1 amide bonds. The number of phenolic OH excluding ortho intramolecular Hbond substituents is 1. The molecule has 0 atom stereocenters. The summed E-state index contributed by atoms with van der Waals surface area (Å²) in [6.07, 6.45) is -0.0547. The van der Waals surface area contributed by atoms with Crippen LogP contribution in [0, 0.1) is 0 Å².